The predicted octanol–water partition coefficient (Wildman–Crippen LogP) is 5.09. The van der Waals surface area contributed by atoms with Gasteiger partial charge >= 0.3 is 0 Å². The van der Waals surface area contributed by atoms with Crippen LogP contribution in [0, 0.1) is 18.3 Å². The van der Waals surface area contributed by atoms with Crippen molar-refractivity contribution in [3.63, 3.8) is 0 Å². The van der Waals surface area contributed by atoms with Crippen LogP contribution >= 0.6 is 27.7 Å². The van der Waals surface area contributed by atoms with Crippen LogP contribution < -0.4 is 9.47 Å². The molecule has 0 unspecified atom stereocenters. The number of imide groups is 1. The summed E-state index contributed by atoms with van der Waals surface area (Å²) in [5, 5.41) is -0.195. The molecule has 1 saturated carbocycles. The van der Waals surface area contributed by atoms with E-state index in [0.717, 1.165) is 34.6 Å². The first kappa shape index (κ1) is 20.8. The van der Waals surface area contributed by atoms with Gasteiger partial charge in [-0.05, 0) is 54.3 Å². The largest absolute Gasteiger partial charge is 0.493 e. The van der Waals surface area contributed by atoms with Gasteiger partial charge in [0.05, 0.1) is 12.0 Å². The van der Waals surface area contributed by atoms with Crippen molar-refractivity contribution in [3.05, 3.63) is 27.1 Å². The molecule has 0 spiro atoms. The van der Waals surface area contributed by atoms with E-state index in [1.165, 1.54) is 31.3 Å². The van der Waals surface area contributed by atoms with E-state index in [0.29, 0.717) is 28.9 Å². The maximum atomic E-state index is 12.8. The quantitative estimate of drug-likeness (QED) is 0.434. The number of amides is 2. The van der Waals surface area contributed by atoms with E-state index in [1.807, 2.05) is 0 Å². The zero-order valence-electron chi connectivity index (χ0n) is 15.7. The third-order valence-electron chi connectivity index (χ3n) is 4.92. The molecule has 28 heavy (non-hydrogen) atoms. The number of hydrogen-bond donors (Lipinski definition) is 0. The van der Waals surface area contributed by atoms with Crippen LogP contribution in [0.25, 0.3) is 6.08 Å². The van der Waals surface area contributed by atoms with E-state index in [1.54, 1.807) is 18.2 Å². The fourth-order valence-corrected chi connectivity index (χ4v) is 4.76. The number of hydrogen-bond acceptors (Lipinski definition) is 5. The van der Waals surface area contributed by atoms with Crippen molar-refractivity contribution >= 4 is 44.9 Å². The van der Waals surface area contributed by atoms with Gasteiger partial charge in [0.2, 0.25) is 0 Å². The summed E-state index contributed by atoms with van der Waals surface area (Å²) in [6, 6.07) is 3.50. The van der Waals surface area contributed by atoms with Crippen molar-refractivity contribution in [2.45, 2.75) is 32.1 Å². The molecular weight excluding hydrogens is 442 g/mol. The molecule has 0 N–H and O–H groups in total. The number of rotatable bonds is 6. The molecule has 0 atom stereocenters. The summed E-state index contributed by atoms with van der Waals surface area (Å²) >= 11 is 4.47. The summed E-state index contributed by atoms with van der Waals surface area (Å²) in [4.78, 5) is 27.0. The first-order valence-corrected chi connectivity index (χ1v) is 10.8. The Kier molecular flexibility index (Phi) is 7.08. The van der Waals surface area contributed by atoms with E-state index < -0.39 is 0 Å². The lowest BCUT2D eigenvalue weighted by atomic mass is 9.89. The highest BCUT2D eigenvalue weighted by Crippen LogP contribution is 2.38. The Morgan fingerprint density at radius 2 is 2.04 bits per heavy atom. The lowest BCUT2D eigenvalue weighted by Crippen LogP contribution is -2.34. The molecule has 1 aliphatic heterocycles. The van der Waals surface area contributed by atoms with Gasteiger partial charge in [-0.1, -0.05) is 41.1 Å². The third-order valence-corrected chi connectivity index (χ3v) is 6.51. The van der Waals surface area contributed by atoms with Crippen molar-refractivity contribution in [2.24, 2.45) is 5.92 Å². The standard InChI is InChI=1S/C21H22BrNO4S/c1-3-9-27-18-12-16(22)15(10-17(18)26-2)11-19-20(24)23(21(25)28-19)13-14-7-5-4-6-8-14/h1,10-12,14H,4-9,13H2,2H3/b19-11+. The van der Waals surface area contributed by atoms with Gasteiger partial charge < -0.3 is 9.47 Å². The fraction of sp³-hybridized carbons (Fsp3) is 0.429. The van der Waals surface area contributed by atoms with Crippen LogP contribution in [0.15, 0.2) is 21.5 Å². The minimum atomic E-state index is -0.223. The average molecular weight is 464 g/mol. The zero-order valence-corrected chi connectivity index (χ0v) is 18.1. The van der Waals surface area contributed by atoms with E-state index in [-0.39, 0.29) is 17.8 Å². The van der Waals surface area contributed by atoms with E-state index in [9.17, 15) is 9.59 Å². The van der Waals surface area contributed by atoms with Gasteiger partial charge in [-0.15, -0.1) is 6.42 Å². The van der Waals surface area contributed by atoms with Gasteiger partial charge in [0.25, 0.3) is 11.1 Å². The molecule has 2 aliphatic rings. The van der Waals surface area contributed by atoms with Crippen LogP contribution in [-0.2, 0) is 4.79 Å². The first-order chi connectivity index (χ1) is 13.5. The number of ether oxygens (including phenoxy) is 2. The summed E-state index contributed by atoms with van der Waals surface area (Å²) in [5.74, 6) is 3.62. The summed E-state index contributed by atoms with van der Waals surface area (Å²) in [5.41, 5.74) is 0.730. The number of nitrogens with zero attached hydrogens (tertiary/aromatic N) is 1. The van der Waals surface area contributed by atoms with Crippen LogP contribution in [0.1, 0.15) is 37.7 Å². The van der Waals surface area contributed by atoms with Crippen molar-refractivity contribution in [3.8, 4) is 23.8 Å². The molecule has 1 saturated heterocycles. The number of halogens is 1. The van der Waals surface area contributed by atoms with Gasteiger partial charge in [0.15, 0.2) is 11.5 Å². The molecule has 5 nitrogen and oxygen atoms in total. The SMILES string of the molecule is C#CCOc1cc(Br)c(/C=C2/SC(=O)N(CC3CCCCC3)C2=O)cc1OC. The Morgan fingerprint density at radius 1 is 1.29 bits per heavy atom. The number of carbonyl (C=O) groups is 2. The van der Waals surface area contributed by atoms with Gasteiger partial charge in [-0.25, -0.2) is 0 Å². The molecular formula is C21H22BrNO4S. The highest BCUT2D eigenvalue weighted by Gasteiger charge is 2.36. The van der Waals surface area contributed by atoms with E-state index in [2.05, 4.69) is 21.9 Å². The van der Waals surface area contributed by atoms with Gasteiger partial charge in [-0.3, -0.25) is 14.5 Å². The van der Waals surface area contributed by atoms with Crippen LogP contribution in [0.2, 0.25) is 0 Å². The molecule has 1 aromatic rings. The lowest BCUT2D eigenvalue weighted by molar-refractivity contribution is -0.123. The molecule has 0 aromatic heterocycles. The highest BCUT2D eigenvalue weighted by atomic mass is 79.9. The van der Waals surface area contributed by atoms with Crippen molar-refractivity contribution in [1.82, 2.24) is 4.90 Å². The van der Waals surface area contributed by atoms with Gasteiger partial charge in [0, 0.05) is 11.0 Å². The Morgan fingerprint density at radius 3 is 2.71 bits per heavy atom. The first-order valence-electron chi connectivity index (χ1n) is 9.22. The summed E-state index contributed by atoms with van der Waals surface area (Å²) in [6.07, 6.45) is 12.7. The van der Waals surface area contributed by atoms with Crippen LogP contribution in [0.4, 0.5) is 4.79 Å². The average Bonchev–Trinajstić information content (AvgIpc) is 2.96. The van der Waals surface area contributed by atoms with Crippen LogP contribution in [0.5, 0.6) is 11.5 Å². The molecule has 2 amide bonds. The third kappa shape index (κ3) is 4.73. The summed E-state index contributed by atoms with van der Waals surface area (Å²) in [6.45, 7) is 0.646. The number of terminal acetylenes is 1. The molecule has 1 aliphatic carbocycles. The molecule has 1 heterocycles. The second-order valence-corrected chi connectivity index (χ2v) is 8.66. The number of methoxy groups -OCH3 is 1. The number of benzene rings is 1. The smallest absolute Gasteiger partial charge is 0.293 e. The number of thioether (sulfide) groups is 1. The topological polar surface area (TPSA) is 55.8 Å². The Hall–Kier alpha value is -1.91. The van der Waals surface area contributed by atoms with Gasteiger partial charge in [-0.2, -0.15) is 0 Å². The maximum absolute atomic E-state index is 12.8. The molecule has 2 fully saturated rings. The van der Waals surface area contributed by atoms with Crippen molar-refractivity contribution < 1.29 is 19.1 Å². The molecule has 3 rings (SSSR count). The zero-order chi connectivity index (χ0) is 20.1. The normalized spacial score (nSPS) is 19.2. The second-order valence-electron chi connectivity index (χ2n) is 6.81. The predicted molar refractivity (Wildman–Crippen MR) is 114 cm³/mol. The Bertz CT molecular complexity index is 840. The molecule has 1 aromatic carbocycles. The molecule has 0 radical (unpaired) electrons. The summed E-state index contributed by atoms with van der Waals surface area (Å²) in [7, 11) is 1.54. The minimum Gasteiger partial charge on any atom is -0.493 e. The van der Waals surface area contributed by atoms with Crippen molar-refractivity contribution in [2.75, 3.05) is 20.3 Å². The molecule has 0 bridgehead atoms. The second kappa shape index (κ2) is 9.53. The lowest BCUT2D eigenvalue weighted by Gasteiger charge is -2.25. The fourth-order valence-electron chi connectivity index (χ4n) is 3.48. The Balaban J connectivity index is 1.80. The minimum absolute atomic E-state index is 0.127. The van der Waals surface area contributed by atoms with E-state index in [4.69, 9.17) is 15.9 Å². The Labute approximate surface area is 178 Å². The van der Waals surface area contributed by atoms with Gasteiger partial charge in [0.1, 0.15) is 6.61 Å². The summed E-state index contributed by atoms with van der Waals surface area (Å²) < 4.78 is 11.6. The van der Waals surface area contributed by atoms with E-state index >= 15 is 0 Å². The maximum Gasteiger partial charge on any atom is 0.293 e. The molecule has 7 heteroatoms. The highest BCUT2D eigenvalue weighted by molar-refractivity contribution is 9.10. The van der Waals surface area contributed by atoms with Crippen molar-refractivity contribution in [1.29, 1.82) is 0 Å². The van der Waals surface area contributed by atoms with Crippen LogP contribution in [-0.4, -0.2) is 36.3 Å². The van der Waals surface area contributed by atoms with Crippen LogP contribution in [0.3, 0.4) is 0 Å². The molecule has 148 valence electrons. The monoisotopic (exact) mass is 463 g/mol. The number of carbonyl (C=O) groups excluding carboxylic acids is 2.